The molecule has 62 valence electrons. The van der Waals surface area contributed by atoms with Gasteiger partial charge in [-0.05, 0) is 13.8 Å². The van der Waals surface area contributed by atoms with Crippen LogP contribution in [0.2, 0.25) is 0 Å². The first-order valence-electron chi connectivity index (χ1n) is 3.04. The van der Waals surface area contributed by atoms with Crippen molar-refractivity contribution in [2.24, 2.45) is 5.84 Å². The minimum atomic E-state index is -2.96. The van der Waals surface area contributed by atoms with Gasteiger partial charge in [0.05, 0.1) is 5.25 Å². The predicted molar refractivity (Wildman–Crippen MR) is 41.1 cm³/mol. The van der Waals surface area contributed by atoms with Gasteiger partial charge in [-0.15, -0.1) is 0 Å². The average Bonchev–Trinajstić information content (AvgIpc) is 1.83. The molecule has 0 bridgehead atoms. The van der Waals surface area contributed by atoms with Crippen molar-refractivity contribution in [1.82, 2.24) is 5.43 Å². The van der Waals surface area contributed by atoms with Crippen LogP contribution in [0.1, 0.15) is 13.8 Å². The van der Waals surface area contributed by atoms with E-state index < -0.39 is 15.1 Å². The summed E-state index contributed by atoms with van der Waals surface area (Å²) in [7, 11) is -2.96. The molecule has 0 aromatic heterocycles. The van der Waals surface area contributed by atoms with Gasteiger partial charge in [0.25, 0.3) is 0 Å². The van der Waals surface area contributed by atoms with E-state index in [-0.39, 0.29) is 6.04 Å². The van der Waals surface area contributed by atoms with Crippen LogP contribution >= 0.6 is 0 Å². The molecule has 0 aromatic rings. The summed E-state index contributed by atoms with van der Waals surface area (Å²) >= 11 is 0. The molecule has 0 aliphatic heterocycles. The number of hydrogen-bond acceptors (Lipinski definition) is 4. The maximum absolute atomic E-state index is 10.8. The quantitative estimate of drug-likeness (QED) is 0.428. The predicted octanol–water partition coefficient (Wildman–Crippen LogP) is -0.729. The van der Waals surface area contributed by atoms with E-state index in [1.165, 1.54) is 6.26 Å². The van der Waals surface area contributed by atoms with E-state index in [0.29, 0.717) is 0 Å². The van der Waals surface area contributed by atoms with E-state index in [1.807, 2.05) is 0 Å². The second-order valence-corrected chi connectivity index (χ2v) is 4.89. The molecule has 0 aromatic carbocycles. The third kappa shape index (κ3) is 2.64. The Morgan fingerprint density at radius 3 is 1.90 bits per heavy atom. The molecule has 5 heteroatoms. The first kappa shape index (κ1) is 9.87. The van der Waals surface area contributed by atoms with Crippen LogP contribution in [0.4, 0.5) is 0 Å². The Hall–Kier alpha value is -0.130. The summed E-state index contributed by atoms with van der Waals surface area (Å²) in [6, 6.07) is -0.199. The smallest absolute Gasteiger partial charge is 0.151 e. The van der Waals surface area contributed by atoms with Gasteiger partial charge in [-0.1, -0.05) is 0 Å². The largest absolute Gasteiger partial charge is 0.271 e. The van der Waals surface area contributed by atoms with Crippen LogP contribution in [0.25, 0.3) is 0 Å². The molecule has 3 N–H and O–H groups in total. The van der Waals surface area contributed by atoms with Gasteiger partial charge in [0, 0.05) is 12.3 Å². The van der Waals surface area contributed by atoms with Gasteiger partial charge in [-0.2, -0.15) is 0 Å². The van der Waals surface area contributed by atoms with E-state index in [0.717, 1.165) is 0 Å². The number of hydrogen-bond donors (Lipinski definition) is 2. The highest BCUT2D eigenvalue weighted by Crippen LogP contribution is 2.01. The Bertz CT molecular complexity index is 188. The fraction of sp³-hybridized carbons (Fsp3) is 1.00. The molecular weight excluding hydrogens is 152 g/mol. The van der Waals surface area contributed by atoms with Crippen LogP contribution in [-0.4, -0.2) is 26.0 Å². The monoisotopic (exact) mass is 166 g/mol. The van der Waals surface area contributed by atoms with Gasteiger partial charge in [-0.3, -0.25) is 11.3 Å². The first-order valence-corrected chi connectivity index (χ1v) is 5.00. The standard InChI is InChI=1S/C5H14N2O2S/c1-4(7-6)5(2)10(3,8)9/h4-5,7H,6H2,1-3H3. The molecule has 0 radical (unpaired) electrons. The maximum Gasteiger partial charge on any atom is 0.151 e. The van der Waals surface area contributed by atoms with Gasteiger partial charge >= 0.3 is 0 Å². The normalized spacial score (nSPS) is 18.4. The SMILES string of the molecule is CC(NN)C(C)S(C)(=O)=O. The van der Waals surface area contributed by atoms with E-state index >= 15 is 0 Å². The second kappa shape index (κ2) is 3.32. The number of nitrogens with two attached hydrogens (primary N) is 1. The summed E-state index contributed by atoms with van der Waals surface area (Å²) in [5.41, 5.74) is 2.39. The van der Waals surface area contributed by atoms with Crippen molar-refractivity contribution in [2.45, 2.75) is 25.1 Å². The zero-order chi connectivity index (χ0) is 8.36. The lowest BCUT2D eigenvalue weighted by Crippen LogP contribution is -2.43. The van der Waals surface area contributed by atoms with Gasteiger partial charge < -0.3 is 0 Å². The number of hydrazine groups is 1. The van der Waals surface area contributed by atoms with Gasteiger partial charge in [0.15, 0.2) is 9.84 Å². The first-order chi connectivity index (χ1) is 4.39. The molecule has 0 aliphatic carbocycles. The molecule has 2 atom stereocenters. The molecule has 4 nitrogen and oxygen atoms in total. The molecule has 0 heterocycles. The average molecular weight is 166 g/mol. The van der Waals surface area contributed by atoms with Crippen LogP contribution in [0.5, 0.6) is 0 Å². The Kier molecular flexibility index (Phi) is 3.27. The molecule has 0 fully saturated rings. The maximum atomic E-state index is 10.8. The topological polar surface area (TPSA) is 72.2 Å². The number of sulfone groups is 1. The van der Waals surface area contributed by atoms with Crippen molar-refractivity contribution in [3.8, 4) is 0 Å². The van der Waals surface area contributed by atoms with Crippen molar-refractivity contribution in [3.05, 3.63) is 0 Å². The summed E-state index contributed by atoms with van der Waals surface area (Å²) in [6.07, 6.45) is 1.20. The van der Waals surface area contributed by atoms with Crippen molar-refractivity contribution < 1.29 is 8.42 Å². The summed E-state index contributed by atoms with van der Waals surface area (Å²) in [4.78, 5) is 0. The highest BCUT2D eigenvalue weighted by molar-refractivity contribution is 7.91. The highest BCUT2D eigenvalue weighted by atomic mass is 32.2. The fourth-order valence-electron chi connectivity index (χ4n) is 0.506. The van der Waals surface area contributed by atoms with Gasteiger partial charge in [0.2, 0.25) is 0 Å². The molecule has 0 saturated heterocycles. The summed E-state index contributed by atoms with van der Waals surface area (Å²) in [5, 5.41) is -0.433. The molecular formula is C5H14N2O2S. The third-order valence-corrected chi connectivity index (χ3v) is 3.40. The fourth-order valence-corrected chi connectivity index (χ4v) is 1.33. The molecule has 0 aliphatic rings. The lowest BCUT2D eigenvalue weighted by Gasteiger charge is -2.16. The minimum absolute atomic E-state index is 0.199. The van der Waals surface area contributed by atoms with E-state index in [2.05, 4.69) is 5.43 Å². The lowest BCUT2D eigenvalue weighted by molar-refractivity contribution is 0.525. The van der Waals surface area contributed by atoms with Crippen molar-refractivity contribution in [1.29, 1.82) is 0 Å². The second-order valence-electron chi connectivity index (χ2n) is 2.49. The summed E-state index contributed by atoms with van der Waals surface area (Å²) < 4.78 is 21.7. The van der Waals surface area contributed by atoms with Gasteiger partial charge in [0.1, 0.15) is 0 Å². The Balaban J connectivity index is 4.23. The van der Waals surface area contributed by atoms with E-state index in [9.17, 15) is 8.42 Å². The highest BCUT2D eigenvalue weighted by Gasteiger charge is 2.20. The van der Waals surface area contributed by atoms with Crippen LogP contribution in [0, 0.1) is 0 Å². The molecule has 0 spiro atoms. The van der Waals surface area contributed by atoms with E-state index in [1.54, 1.807) is 13.8 Å². The van der Waals surface area contributed by atoms with Crippen molar-refractivity contribution >= 4 is 9.84 Å². The Morgan fingerprint density at radius 2 is 1.80 bits per heavy atom. The molecule has 0 rings (SSSR count). The third-order valence-electron chi connectivity index (χ3n) is 1.64. The Morgan fingerprint density at radius 1 is 1.40 bits per heavy atom. The van der Waals surface area contributed by atoms with E-state index in [4.69, 9.17) is 5.84 Å². The van der Waals surface area contributed by atoms with Crippen molar-refractivity contribution in [2.75, 3.05) is 6.26 Å². The van der Waals surface area contributed by atoms with Crippen LogP contribution < -0.4 is 11.3 Å². The lowest BCUT2D eigenvalue weighted by atomic mass is 10.3. The number of nitrogens with one attached hydrogen (secondary N) is 1. The minimum Gasteiger partial charge on any atom is -0.271 e. The van der Waals surface area contributed by atoms with Crippen LogP contribution in [0.3, 0.4) is 0 Å². The number of rotatable bonds is 3. The summed E-state index contributed by atoms with van der Waals surface area (Å²) in [5.74, 6) is 5.06. The molecule has 10 heavy (non-hydrogen) atoms. The van der Waals surface area contributed by atoms with Crippen LogP contribution in [-0.2, 0) is 9.84 Å². The zero-order valence-corrected chi connectivity index (χ0v) is 7.27. The van der Waals surface area contributed by atoms with Gasteiger partial charge in [-0.25, -0.2) is 8.42 Å². The molecule has 0 saturated carbocycles. The molecule has 0 amide bonds. The molecule has 2 unspecified atom stereocenters. The van der Waals surface area contributed by atoms with Crippen LogP contribution in [0.15, 0.2) is 0 Å². The summed E-state index contributed by atoms with van der Waals surface area (Å²) in [6.45, 7) is 3.35. The van der Waals surface area contributed by atoms with Crippen molar-refractivity contribution in [3.63, 3.8) is 0 Å². The zero-order valence-electron chi connectivity index (χ0n) is 6.46. The Labute approximate surface area is 61.7 Å².